The van der Waals surface area contributed by atoms with Crippen LogP contribution in [0.3, 0.4) is 0 Å². The van der Waals surface area contributed by atoms with Crippen LogP contribution >= 0.6 is 12.2 Å². The van der Waals surface area contributed by atoms with Crippen molar-refractivity contribution in [3.05, 3.63) is 24.3 Å². The molecule has 1 aliphatic heterocycles. The Morgan fingerprint density at radius 2 is 2.07 bits per heavy atom. The third-order valence-corrected chi connectivity index (χ3v) is 4.55. The number of nitrogens with one attached hydrogen (secondary N) is 4. The summed E-state index contributed by atoms with van der Waals surface area (Å²) in [5.74, 6) is 0.337. The van der Waals surface area contributed by atoms with Crippen LogP contribution in [0.1, 0.15) is 46.0 Å². The fourth-order valence-electron chi connectivity index (χ4n) is 2.73. The van der Waals surface area contributed by atoms with Gasteiger partial charge in [0.25, 0.3) is 5.91 Å². The molecule has 1 aliphatic rings. The van der Waals surface area contributed by atoms with Gasteiger partial charge < -0.3 is 15.4 Å². The van der Waals surface area contributed by atoms with Crippen molar-refractivity contribution in [1.82, 2.24) is 16.2 Å². The number of rotatable bonds is 8. The van der Waals surface area contributed by atoms with Gasteiger partial charge in [-0.1, -0.05) is 45.2 Å². The van der Waals surface area contributed by atoms with Gasteiger partial charge in [0, 0.05) is 6.54 Å². The summed E-state index contributed by atoms with van der Waals surface area (Å²) in [7, 11) is 0. The van der Waals surface area contributed by atoms with E-state index in [-0.39, 0.29) is 18.2 Å². The molecule has 2 amide bonds. The highest BCUT2D eigenvalue weighted by Crippen LogP contribution is 2.29. The molecule has 4 N–H and O–H groups in total. The van der Waals surface area contributed by atoms with Crippen molar-refractivity contribution < 1.29 is 14.3 Å². The molecule has 1 heterocycles. The van der Waals surface area contributed by atoms with Crippen molar-refractivity contribution in [1.29, 1.82) is 0 Å². The molecule has 1 aromatic rings. The minimum atomic E-state index is -0.873. The van der Waals surface area contributed by atoms with Crippen LogP contribution in [0, 0.1) is 5.92 Å². The Labute approximate surface area is 165 Å². The van der Waals surface area contributed by atoms with Gasteiger partial charge in [-0.3, -0.25) is 20.4 Å². The lowest BCUT2D eigenvalue weighted by Crippen LogP contribution is -2.49. The second kappa shape index (κ2) is 10.7. The van der Waals surface area contributed by atoms with Gasteiger partial charge in [0.1, 0.15) is 5.75 Å². The van der Waals surface area contributed by atoms with E-state index < -0.39 is 6.10 Å². The Bertz CT molecular complexity index is 668. The largest absolute Gasteiger partial charge is 0.478 e. The van der Waals surface area contributed by atoms with Gasteiger partial charge in [-0.2, -0.15) is 0 Å². The van der Waals surface area contributed by atoms with Crippen molar-refractivity contribution in [3.8, 4) is 5.75 Å². The zero-order chi connectivity index (χ0) is 19.6. The number of para-hydroxylation sites is 2. The Morgan fingerprint density at radius 1 is 1.30 bits per heavy atom. The predicted molar refractivity (Wildman–Crippen MR) is 109 cm³/mol. The molecule has 0 aromatic heterocycles. The van der Waals surface area contributed by atoms with Gasteiger partial charge in [-0.25, -0.2) is 0 Å². The maximum absolute atomic E-state index is 12.1. The van der Waals surface area contributed by atoms with Crippen LogP contribution in [0.25, 0.3) is 0 Å². The molecule has 0 aliphatic carbocycles. The zero-order valence-electron chi connectivity index (χ0n) is 15.8. The van der Waals surface area contributed by atoms with E-state index in [1.165, 1.54) is 19.3 Å². The monoisotopic (exact) mass is 392 g/mol. The lowest BCUT2D eigenvalue weighted by Gasteiger charge is -2.25. The molecule has 2 rings (SSSR count). The number of unbranched alkanes of at least 4 members (excludes halogenated alkanes) is 2. The average molecular weight is 393 g/mol. The van der Waals surface area contributed by atoms with Crippen LogP contribution < -0.4 is 26.2 Å². The first kappa shape index (κ1) is 21.0. The second-order valence-electron chi connectivity index (χ2n) is 6.78. The van der Waals surface area contributed by atoms with Gasteiger partial charge in [0.15, 0.2) is 11.2 Å². The van der Waals surface area contributed by atoms with Gasteiger partial charge in [-0.05, 0) is 36.7 Å². The summed E-state index contributed by atoms with van der Waals surface area (Å²) in [6.45, 7) is 5.10. The first-order valence-corrected chi connectivity index (χ1v) is 9.79. The molecular formula is C19H28N4O3S. The van der Waals surface area contributed by atoms with Crippen LogP contribution in [0.5, 0.6) is 5.75 Å². The Hall–Kier alpha value is -2.35. The summed E-state index contributed by atoms with van der Waals surface area (Å²) in [6, 6.07) is 7.11. The normalized spacial score (nSPS) is 16.4. The lowest BCUT2D eigenvalue weighted by molar-refractivity contribution is -0.130. The number of anilines is 1. The van der Waals surface area contributed by atoms with E-state index in [0.717, 1.165) is 13.0 Å². The number of thiocarbonyl (C=S) groups is 1. The van der Waals surface area contributed by atoms with Crippen molar-refractivity contribution in [3.63, 3.8) is 0 Å². The molecule has 0 fully saturated rings. The molecule has 0 spiro atoms. The topological polar surface area (TPSA) is 91.5 Å². The van der Waals surface area contributed by atoms with E-state index in [1.807, 2.05) is 6.07 Å². The zero-order valence-corrected chi connectivity index (χ0v) is 16.7. The van der Waals surface area contributed by atoms with Crippen LogP contribution in [-0.2, 0) is 9.59 Å². The number of carbonyl (C=O) groups is 2. The van der Waals surface area contributed by atoms with Gasteiger partial charge in [0.2, 0.25) is 5.91 Å². The van der Waals surface area contributed by atoms with E-state index in [2.05, 4.69) is 35.3 Å². The summed E-state index contributed by atoms with van der Waals surface area (Å²) < 4.78 is 5.60. The quantitative estimate of drug-likeness (QED) is 0.309. The predicted octanol–water partition coefficient (Wildman–Crippen LogP) is 2.49. The third kappa shape index (κ3) is 7.05. The van der Waals surface area contributed by atoms with Crippen molar-refractivity contribution in [2.24, 2.45) is 5.92 Å². The number of hydrazine groups is 1. The number of ether oxygens (including phenoxy) is 1. The summed E-state index contributed by atoms with van der Waals surface area (Å²) in [5, 5.41) is 6.17. The van der Waals surface area contributed by atoms with Gasteiger partial charge >= 0.3 is 0 Å². The summed E-state index contributed by atoms with van der Waals surface area (Å²) in [5.41, 5.74) is 5.77. The SMILES string of the molecule is CCCCC[C@H](C)CNC(=S)NNC(=O)C[C@@H]1Oc2ccccc2NC1=O. The number of hydrogen-bond acceptors (Lipinski definition) is 4. The number of carbonyl (C=O) groups excluding carboxylic acids is 2. The van der Waals surface area contributed by atoms with Crippen molar-refractivity contribution in [2.45, 2.75) is 52.1 Å². The van der Waals surface area contributed by atoms with Crippen LogP contribution in [-0.4, -0.2) is 29.6 Å². The second-order valence-corrected chi connectivity index (χ2v) is 7.19. The molecule has 1 aromatic carbocycles. The summed E-state index contributed by atoms with van der Waals surface area (Å²) >= 11 is 5.16. The van der Waals surface area contributed by atoms with E-state index >= 15 is 0 Å². The first-order valence-electron chi connectivity index (χ1n) is 9.38. The Balaban J connectivity index is 1.67. The van der Waals surface area contributed by atoms with Crippen LogP contribution in [0.4, 0.5) is 5.69 Å². The van der Waals surface area contributed by atoms with E-state index in [1.54, 1.807) is 18.2 Å². The van der Waals surface area contributed by atoms with Crippen LogP contribution in [0.15, 0.2) is 24.3 Å². The molecule has 0 radical (unpaired) electrons. The Morgan fingerprint density at radius 3 is 2.85 bits per heavy atom. The number of benzene rings is 1. The van der Waals surface area contributed by atoms with Crippen molar-refractivity contribution in [2.75, 3.05) is 11.9 Å². The summed E-state index contributed by atoms with van der Waals surface area (Å²) in [6.07, 6.45) is 3.82. The first-order chi connectivity index (χ1) is 13.0. The number of fused-ring (bicyclic) bond motifs is 1. The molecule has 8 heteroatoms. The fourth-order valence-corrected chi connectivity index (χ4v) is 2.86. The number of hydrogen-bond donors (Lipinski definition) is 4. The molecule has 148 valence electrons. The van der Waals surface area contributed by atoms with E-state index in [9.17, 15) is 9.59 Å². The Kier molecular flexibility index (Phi) is 8.32. The summed E-state index contributed by atoms with van der Waals surface area (Å²) in [4.78, 5) is 24.1. The minimum absolute atomic E-state index is 0.108. The standard InChI is InChI=1S/C19H28N4O3S/c1-3-4-5-8-13(2)12-20-19(27)23-22-17(24)11-16-18(25)21-14-9-6-7-10-15(14)26-16/h6-7,9-10,13,16H,3-5,8,11-12H2,1-2H3,(H,21,25)(H,22,24)(H2,20,23,27)/t13-,16-/m0/s1. The molecule has 27 heavy (non-hydrogen) atoms. The third-order valence-electron chi connectivity index (χ3n) is 4.30. The fraction of sp³-hybridized carbons (Fsp3) is 0.526. The highest BCUT2D eigenvalue weighted by atomic mass is 32.1. The molecule has 0 unspecified atom stereocenters. The highest BCUT2D eigenvalue weighted by molar-refractivity contribution is 7.80. The minimum Gasteiger partial charge on any atom is -0.478 e. The molecule has 2 atom stereocenters. The van der Waals surface area contributed by atoms with E-state index in [0.29, 0.717) is 22.5 Å². The highest BCUT2D eigenvalue weighted by Gasteiger charge is 2.29. The molecular weight excluding hydrogens is 364 g/mol. The number of amides is 2. The average Bonchev–Trinajstić information content (AvgIpc) is 2.65. The maximum Gasteiger partial charge on any atom is 0.266 e. The van der Waals surface area contributed by atoms with Gasteiger partial charge in [-0.15, -0.1) is 0 Å². The van der Waals surface area contributed by atoms with Gasteiger partial charge in [0.05, 0.1) is 12.1 Å². The maximum atomic E-state index is 12.1. The van der Waals surface area contributed by atoms with E-state index in [4.69, 9.17) is 17.0 Å². The lowest BCUT2D eigenvalue weighted by atomic mass is 10.0. The van der Waals surface area contributed by atoms with Crippen molar-refractivity contribution >= 4 is 34.8 Å². The molecule has 7 nitrogen and oxygen atoms in total. The molecule has 0 saturated heterocycles. The smallest absolute Gasteiger partial charge is 0.266 e. The molecule has 0 saturated carbocycles. The van der Waals surface area contributed by atoms with Crippen LogP contribution in [0.2, 0.25) is 0 Å². The molecule has 0 bridgehead atoms.